The van der Waals surface area contributed by atoms with E-state index in [4.69, 9.17) is 4.74 Å². The molecule has 0 amide bonds. The Balaban J connectivity index is 1.25. The predicted molar refractivity (Wildman–Crippen MR) is 124 cm³/mol. The van der Waals surface area contributed by atoms with Gasteiger partial charge in [-0.2, -0.15) is 4.31 Å². The second-order valence-electron chi connectivity index (χ2n) is 7.41. The van der Waals surface area contributed by atoms with Crippen molar-refractivity contribution in [2.24, 2.45) is 0 Å². The predicted octanol–water partition coefficient (Wildman–Crippen LogP) is 3.98. The van der Waals surface area contributed by atoms with E-state index in [9.17, 15) is 12.8 Å². The van der Waals surface area contributed by atoms with E-state index in [-0.39, 0.29) is 5.82 Å². The molecule has 1 saturated heterocycles. The Morgan fingerprint density at radius 1 is 1.03 bits per heavy atom. The summed E-state index contributed by atoms with van der Waals surface area (Å²) in [6, 6.07) is 15.3. The van der Waals surface area contributed by atoms with Gasteiger partial charge in [0.05, 0.1) is 5.69 Å². The Labute approximate surface area is 191 Å². The highest BCUT2D eigenvalue weighted by Gasteiger charge is 2.25. The third kappa shape index (κ3) is 6.23. The molecule has 0 unspecified atom stereocenters. The fraction of sp³-hybridized carbons (Fsp3) is 0.261. The van der Waals surface area contributed by atoms with Gasteiger partial charge in [-0.15, -0.1) is 11.3 Å². The van der Waals surface area contributed by atoms with Crippen molar-refractivity contribution in [2.75, 3.05) is 26.2 Å². The molecule has 3 aromatic rings. The highest BCUT2D eigenvalue weighted by Crippen LogP contribution is 2.18. The molecule has 1 aliphatic heterocycles. The molecule has 2 heterocycles. The van der Waals surface area contributed by atoms with Crippen LogP contribution in [0.25, 0.3) is 6.08 Å². The number of ether oxygens (including phenoxy) is 1. The fourth-order valence-corrected chi connectivity index (χ4v) is 5.22. The maximum Gasteiger partial charge on any atom is 0.236 e. The van der Waals surface area contributed by atoms with Gasteiger partial charge in [-0.1, -0.05) is 30.3 Å². The zero-order valence-electron chi connectivity index (χ0n) is 17.4. The molecule has 0 saturated carbocycles. The molecule has 0 spiro atoms. The van der Waals surface area contributed by atoms with Crippen LogP contribution in [0.1, 0.15) is 16.3 Å². The lowest BCUT2D eigenvalue weighted by Crippen LogP contribution is -2.47. The van der Waals surface area contributed by atoms with E-state index in [1.54, 1.807) is 18.2 Å². The van der Waals surface area contributed by atoms with E-state index in [1.165, 1.54) is 33.2 Å². The van der Waals surface area contributed by atoms with Gasteiger partial charge >= 0.3 is 0 Å². The third-order valence-corrected chi connectivity index (χ3v) is 7.52. The van der Waals surface area contributed by atoms with Crippen molar-refractivity contribution >= 4 is 27.4 Å². The number of hydrogen-bond donors (Lipinski definition) is 0. The van der Waals surface area contributed by atoms with Crippen LogP contribution in [0.2, 0.25) is 0 Å². The van der Waals surface area contributed by atoms with Crippen molar-refractivity contribution in [1.29, 1.82) is 0 Å². The van der Waals surface area contributed by atoms with Gasteiger partial charge in [0.25, 0.3) is 0 Å². The number of benzene rings is 2. The van der Waals surface area contributed by atoms with Crippen molar-refractivity contribution in [3.63, 3.8) is 0 Å². The summed E-state index contributed by atoms with van der Waals surface area (Å²) in [6.07, 6.45) is 1.63. The van der Waals surface area contributed by atoms with Crippen LogP contribution in [-0.4, -0.2) is 48.8 Å². The van der Waals surface area contributed by atoms with Crippen molar-refractivity contribution in [3.8, 4) is 5.75 Å². The number of halogens is 1. The summed E-state index contributed by atoms with van der Waals surface area (Å²) in [4.78, 5) is 6.80. The molecule has 0 radical (unpaired) electrons. The van der Waals surface area contributed by atoms with Crippen LogP contribution in [0, 0.1) is 5.82 Å². The number of rotatable bonds is 8. The van der Waals surface area contributed by atoms with Crippen LogP contribution in [0.3, 0.4) is 0 Å². The van der Waals surface area contributed by atoms with Crippen LogP contribution in [0.4, 0.5) is 4.39 Å². The van der Waals surface area contributed by atoms with Gasteiger partial charge in [0.2, 0.25) is 10.0 Å². The maximum absolute atomic E-state index is 13.0. The van der Waals surface area contributed by atoms with Gasteiger partial charge in [-0.3, -0.25) is 4.90 Å². The summed E-state index contributed by atoms with van der Waals surface area (Å²) in [5.74, 6) is 0.302. The van der Waals surface area contributed by atoms with E-state index < -0.39 is 10.0 Å². The highest BCUT2D eigenvalue weighted by molar-refractivity contribution is 7.92. The molecule has 1 aromatic heterocycles. The number of aromatic nitrogens is 1. The lowest BCUT2D eigenvalue weighted by atomic mass is 10.2. The zero-order chi connectivity index (χ0) is 22.4. The van der Waals surface area contributed by atoms with Crippen molar-refractivity contribution in [1.82, 2.24) is 14.2 Å². The molecule has 4 rings (SSSR count). The van der Waals surface area contributed by atoms with Gasteiger partial charge in [-0.25, -0.2) is 17.8 Å². The molecule has 9 heteroatoms. The monoisotopic (exact) mass is 473 g/mol. The Morgan fingerprint density at radius 2 is 1.75 bits per heavy atom. The van der Waals surface area contributed by atoms with E-state index in [0.29, 0.717) is 45.1 Å². The SMILES string of the molecule is O=S(=O)(/C=C/c1ccccc1)N1CCN(Cc2csc(COc3ccc(F)cc3)n2)CC1. The first-order chi connectivity index (χ1) is 15.5. The topological polar surface area (TPSA) is 62.7 Å². The summed E-state index contributed by atoms with van der Waals surface area (Å²) in [5.41, 5.74) is 1.80. The molecule has 1 aliphatic rings. The summed E-state index contributed by atoms with van der Waals surface area (Å²) < 4.78 is 45.3. The molecular weight excluding hydrogens is 449 g/mol. The maximum atomic E-state index is 13.0. The van der Waals surface area contributed by atoms with Crippen molar-refractivity contribution in [3.05, 3.63) is 87.5 Å². The van der Waals surface area contributed by atoms with Gasteiger partial charge in [0.15, 0.2) is 0 Å². The molecule has 168 valence electrons. The number of nitrogens with zero attached hydrogens (tertiary/aromatic N) is 3. The van der Waals surface area contributed by atoms with Crippen molar-refractivity contribution < 1.29 is 17.5 Å². The fourth-order valence-electron chi connectivity index (χ4n) is 3.35. The summed E-state index contributed by atoms with van der Waals surface area (Å²) in [7, 11) is -3.44. The minimum atomic E-state index is -3.44. The first-order valence-corrected chi connectivity index (χ1v) is 12.6. The smallest absolute Gasteiger partial charge is 0.236 e. The van der Waals surface area contributed by atoms with Gasteiger partial charge < -0.3 is 4.74 Å². The minimum absolute atomic E-state index is 0.297. The molecular formula is C23H24FN3O3S2. The lowest BCUT2D eigenvalue weighted by molar-refractivity contribution is 0.181. The second kappa shape index (κ2) is 10.4. The molecule has 1 fully saturated rings. The Hall–Kier alpha value is -2.59. The molecule has 0 N–H and O–H groups in total. The standard InChI is InChI=1S/C23H24FN3O3S2/c24-20-6-8-22(9-7-20)30-17-23-25-21(18-31-23)16-26-11-13-27(14-12-26)32(28,29)15-10-19-4-2-1-3-5-19/h1-10,15,18H,11-14,16-17H2/b15-10+. The van der Waals surface area contributed by atoms with Gasteiger partial charge in [0.1, 0.15) is 23.2 Å². The first-order valence-electron chi connectivity index (χ1n) is 10.3. The van der Waals surface area contributed by atoms with Crippen LogP contribution < -0.4 is 4.74 Å². The highest BCUT2D eigenvalue weighted by atomic mass is 32.2. The van der Waals surface area contributed by atoms with Crippen LogP contribution in [-0.2, 0) is 23.2 Å². The average Bonchev–Trinajstić information content (AvgIpc) is 3.26. The molecule has 0 atom stereocenters. The van der Waals surface area contributed by atoms with Crippen LogP contribution >= 0.6 is 11.3 Å². The van der Waals surface area contributed by atoms with Crippen molar-refractivity contribution in [2.45, 2.75) is 13.2 Å². The second-order valence-corrected chi connectivity index (χ2v) is 10.2. The summed E-state index contributed by atoms with van der Waals surface area (Å²) in [6.45, 7) is 3.20. The Kier molecular flexibility index (Phi) is 7.31. The van der Waals surface area contributed by atoms with E-state index in [2.05, 4.69) is 9.88 Å². The van der Waals surface area contributed by atoms with E-state index in [1.807, 2.05) is 35.7 Å². The molecule has 32 heavy (non-hydrogen) atoms. The van der Waals surface area contributed by atoms with Gasteiger partial charge in [-0.05, 0) is 35.9 Å². The third-order valence-electron chi connectivity index (χ3n) is 5.08. The first kappa shape index (κ1) is 22.6. The normalized spacial score (nSPS) is 15.9. The van der Waals surface area contributed by atoms with E-state index >= 15 is 0 Å². The van der Waals surface area contributed by atoms with Gasteiger partial charge in [0, 0.05) is 43.5 Å². The van der Waals surface area contributed by atoms with Crippen LogP contribution in [0.15, 0.2) is 65.4 Å². The average molecular weight is 474 g/mol. The molecule has 0 aliphatic carbocycles. The summed E-state index contributed by atoms with van der Waals surface area (Å²) in [5, 5.41) is 4.12. The van der Waals surface area contributed by atoms with E-state index in [0.717, 1.165) is 16.3 Å². The number of sulfonamides is 1. The number of hydrogen-bond acceptors (Lipinski definition) is 6. The number of piperazine rings is 1. The Morgan fingerprint density at radius 3 is 2.47 bits per heavy atom. The molecule has 0 bridgehead atoms. The molecule has 6 nitrogen and oxygen atoms in total. The lowest BCUT2D eigenvalue weighted by Gasteiger charge is -2.32. The summed E-state index contributed by atoms with van der Waals surface area (Å²) >= 11 is 1.52. The number of thiazole rings is 1. The zero-order valence-corrected chi connectivity index (χ0v) is 19.1. The minimum Gasteiger partial charge on any atom is -0.486 e. The Bertz CT molecular complexity index is 1140. The largest absolute Gasteiger partial charge is 0.486 e. The van der Waals surface area contributed by atoms with Crippen LogP contribution in [0.5, 0.6) is 5.75 Å². The quantitative estimate of drug-likeness (QED) is 0.495. The molecule has 2 aromatic carbocycles.